The second kappa shape index (κ2) is 37.6. The van der Waals surface area contributed by atoms with E-state index in [0.717, 1.165) is 92.2 Å². The molecule has 622 valence electrons. The molecule has 4 saturated carbocycles. The van der Waals surface area contributed by atoms with Gasteiger partial charge < -0.3 is 38.1 Å². The molecule has 8 unspecified atom stereocenters. The summed E-state index contributed by atoms with van der Waals surface area (Å²) >= 11 is 0. The Morgan fingerprint density at radius 1 is 0.513 bits per heavy atom. The Bertz CT molecular complexity index is 4470. The zero-order chi connectivity index (χ0) is 85.0. The first-order valence-electron chi connectivity index (χ1n) is 39.5. The SMILES string of the molecule is CCC(C)(C)C(=O)OC(C(F)(F)F)C(F)(F)S(=O)(=O)[O-].CCC(C)(C)C(=O)OC1(CC)CC2CC1C1C3CCC(C3)C21.CCC(C)(C)C(=O)OC1c2ccccc2-c2ccccc21.CCC(C)(C)C(=O)Oc1ccc(O)cc1.CCC(C)(C)C(=O)Oc1ccc2c(c1)COC2=O.c1ccc([S+](c2ccccc2)c2ccccc2)cc1. The van der Waals surface area contributed by atoms with E-state index in [9.17, 15) is 63.7 Å². The minimum Gasteiger partial charge on any atom is -0.743 e. The molecule has 4 fully saturated rings. The molecular formula is C92H111F5O16S2. The lowest BCUT2D eigenvalue weighted by molar-refractivity contribution is -0.262. The van der Waals surface area contributed by atoms with Crippen molar-refractivity contribution in [3.8, 4) is 28.4 Å². The fourth-order valence-corrected chi connectivity index (χ4v) is 17.4. The molecule has 7 aromatic rings. The summed E-state index contributed by atoms with van der Waals surface area (Å²) in [6.45, 7) is 29.4. The quantitative estimate of drug-likeness (QED) is 0.0134. The molecule has 1 N–H and O–H groups in total. The zero-order valence-electron chi connectivity index (χ0n) is 68.7. The summed E-state index contributed by atoms with van der Waals surface area (Å²) in [5.74, 6) is 3.80. The first-order valence-corrected chi connectivity index (χ1v) is 42.2. The Morgan fingerprint density at radius 2 is 0.922 bits per heavy atom. The van der Waals surface area contributed by atoms with Gasteiger partial charge in [-0.2, -0.15) is 22.0 Å². The molecule has 115 heavy (non-hydrogen) atoms. The van der Waals surface area contributed by atoms with Crippen LogP contribution in [0.1, 0.15) is 215 Å². The van der Waals surface area contributed by atoms with Crippen molar-refractivity contribution in [1.29, 1.82) is 0 Å². The van der Waals surface area contributed by atoms with Gasteiger partial charge in [0.2, 0.25) is 0 Å². The van der Waals surface area contributed by atoms with E-state index >= 15 is 0 Å². The predicted octanol–water partition coefficient (Wildman–Crippen LogP) is 21.8. The number of esters is 6. The molecule has 0 aromatic heterocycles. The molecule has 0 amide bonds. The van der Waals surface area contributed by atoms with Crippen molar-refractivity contribution in [2.45, 2.75) is 232 Å². The molecule has 4 bridgehead atoms. The summed E-state index contributed by atoms with van der Waals surface area (Å²) in [5.41, 5.74) is 2.36. The summed E-state index contributed by atoms with van der Waals surface area (Å²) in [7, 11) is -6.68. The predicted molar refractivity (Wildman–Crippen MR) is 430 cm³/mol. The Labute approximate surface area is 677 Å². The van der Waals surface area contributed by atoms with Crippen molar-refractivity contribution >= 4 is 56.8 Å². The number of halogens is 5. The van der Waals surface area contributed by atoms with Crippen molar-refractivity contribution in [2.75, 3.05) is 0 Å². The van der Waals surface area contributed by atoms with E-state index in [4.69, 9.17) is 28.8 Å². The largest absolute Gasteiger partial charge is 0.743 e. The van der Waals surface area contributed by atoms with Crippen LogP contribution in [-0.2, 0) is 70.5 Å². The van der Waals surface area contributed by atoms with E-state index in [1.165, 1.54) is 70.6 Å². The highest BCUT2D eigenvalue weighted by molar-refractivity contribution is 7.97. The van der Waals surface area contributed by atoms with Crippen molar-refractivity contribution < 1.29 is 97.2 Å². The second-order valence-corrected chi connectivity index (χ2v) is 37.0. The van der Waals surface area contributed by atoms with Gasteiger partial charge in [-0.15, -0.1) is 0 Å². The van der Waals surface area contributed by atoms with E-state index < -0.39 is 55.3 Å². The summed E-state index contributed by atoms with van der Waals surface area (Å²) < 4.78 is 125. The average molecular weight is 1630 g/mol. The van der Waals surface area contributed by atoms with Crippen LogP contribution in [0.15, 0.2) is 197 Å². The number of benzene rings is 7. The maximum absolute atomic E-state index is 13.0. The van der Waals surface area contributed by atoms with E-state index in [1.54, 1.807) is 30.3 Å². The van der Waals surface area contributed by atoms with Crippen LogP contribution in [0.3, 0.4) is 0 Å². The van der Waals surface area contributed by atoms with Crippen molar-refractivity contribution in [2.24, 2.45) is 62.6 Å². The van der Waals surface area contributed by atoms with Crippen molar-refractivity contribution in [3.05, 3.63) is 204 Å². The lowest BCUT2D eigenvalue weighted by Gasteiger charge is -2.46. The van der Waals surface area contributed by atoms with Gasteiger partial charge in [0.1, 0.15) is 29.5 Å². The Morgan fingerprint density at radius 3 is 1.37 bits per heavy atom. The van der Waals surface area contributed by atoms with Gasteiger partial charge in [-0.1, -0.05) is 145 Å². The lowest BCUT2D eigenvalue weighted by atomic mass is 9.65. The van der Waals surface area contributed by atoms with Crippen LogP contribution in [0.25, 0.3) is 11.1 Å². The van der Waals surface area contributed by atoms with Crippen molar-refractivity contribution in [1.82, 2.24) is 0 Å². The maximum atomic E-state index is 13.0. The molecule has 0 radical (unpaired) electrons. The normalized spacial score (nSPS) is 20.0. The Kier molecular flexibility index (Phi) is 29.9. The van der Waals surface area contributed by atoms with Gasteiger partial charge in [0.25, 0.3) is 6.10 Å². The number of carbonyl (C=O) groups excluding carboxylic acids is 6. The number of carbonyl (C=O) groups is 6. The highest BCUT2D eigenvalue weighted by Gasteiger charge is 2.68. The van der Waals surface area contributed by atoms with Gasteiger partial charge in [0, 0.05) is 22.6 Å². The van der Waals surface area contributed by atoms with Gasteiger partial charge in [-0.3, -0.25) is 24.0 Å². The molecule has 5 aliphatic carbocycles. The third-order valence-electron chi connectivity index (χ3n) is 24.0. The summed E-state index contributed by atoms with van der Waals surface area (Å²) in [5, 5.41) is 3.24. The van der Waals surface area contributed by atoms with E-state index in [-0.39, 0.29) is 76.6 Å². The first-order chi connectivity index (χ1) is 53.9. The third-order valence-corrected chi connectivity index (χ3v) is 27.1. The molecule has 7 aromatic carbocycles. The van der Waals surface area contributed by atoms with Gasteiger partial charge in [0.05, 0.1) is 43.5 Å². The number of hydrogen-bond donors (Lipinski definition) is 1. The van der Waals surface area contributed by atoms with Crippen LogP contribution >= 0.6 is 0 Å². The van der Waals surface area contributed by atoms with Crippen LogP contribution in [0.5, 0.6) is 17.2 Å². The highest BCUT2D eigenvalue weighted by Crippen LogP contribution is 2.71. The summed E-state index contributed by atoms with van der Waals surface area (Å²) in [6.07, 6.45) is 0.385. The lowest BCUT2D eigenvalue weighted by Crippen LogP contribution is -2.53. The number of alkyl halides is 5. The number of hydrogen-bond acceptors (Lipinski definition) is 16. The number of fused-ring (bicyclic) bond motifs is 13. The van der Waals surface area contributed by atoms with Crippen LogP contribution in [0, 0.1) is 62.6 Å². The second-order valence-electron chi connectivity index (χ2n) is 33.5. The Balaban J connectivity index is 0.000000173. The van der Waals surface area contributed by atoms with Gasteiger partial charge in [0.15, 0.2) is 30.9 Å². The number of aromatic hydroxyl groups is 1. The number of phenolic OH excluding ortho intramolecular Hbond substituents is 1. The monoisotopic (exact) mass is 1630 g/mol. The molecule has 1 heterocycles. The van der Waals surface area contributed by atoms with Crippen molar-refractivity contribution in [3.63, 3.8) is 0 Å². The molecule has 0 saturated heterocycles. The van der Waals surface area contributed by atoms with Gasteiger partial charge in [-0.25, -0.2) is 13.2 Å². The molecule has 1 aliphatic heterocycles. The molecular weight excluding hydrogens is 1520 g/mol. The summed E-state index contributed by atoms with van der Waals surface area (Å²) in [6, 6.07) is 59.5. The minimum atomic E-state index is -6.66. The average Bonchev–Trinajstić information content (AvgIpc) is 1.53. The minimum absolute atomic E-state index is 0.0146. The topological polar surface area (TPSA) is 235 Å². The van der Waals surface area contributed by atoms with E-state index in [1.807, 2.05) is 113 Å². The standard InChI is InChI=1S/C20H32O2.C19H20O2.C18H15S.C14H16O4.C12H16O3.C9H13F5O5S/c1-5-19(3,4)18(21)22-20(6-2)11-14-10-15(20)17-13-8-7-12(9-13)16(14)17;1-4-19(2,3)18(20)21-17-15-11-7-5-9-13(15)14-10-6-8-12-16(14)17;1-4-10-16(11-5-1)19(17-12-6-2-7-13-17)18-14-8-3-9-15-18;1-4-14(2,3)13(16)18-10-5-6-11-9(7-10)8-17-12(11)15;1-4-12(2,3)11(14)15-10-7-5-9(13)6-8-10;1-4-7(2,3)6(15)19-5(8(10,11)12)9(13,14)20(16,17)18/h12-17H,5-11H2,1-4H3;5-12,17H,4H2,1-3H3;1-15H;5-7H,4,8H2,1-3H3;5-8,13H,4H2,1-3H3;5H,4H2,1-3H3,(H,16,17,18)/q;;+1;;;/p-1. The molecule has 0 spiro atoms. The van der Waals surface area contributed by atoms with Crippen LogP contribution in [0.4, 0.5) is 22.0 Å². The molecule has 13 rings (SSSR count). The van der Waals surface area contributed by atoms with Crippen LogP contribution in [0.2, 0.25) is 0 Å². The number of rotatable bonds is 21. The molecule has 8 atom stereocenters. The maximum Gasteiger partial charge on any atom is 0.432 e. The van der Waals surface area contributed by atoms with E-state index in [0.29, 0.717) is 29.4 Å². The Hall–Kier alpha value is -8.93. The van der Waals surface area contributed by atoms with Gasteiger partial charge in [-0.05, 0) is 259 Å². The highest BCUT2D eigenvalue weighted by atomic mass is 32.2. The smallest absolute Gasteiger partial charge is 0.432 e. The number of ether oxygens (including phenoxy) is 6. The van der Waals surface area contributed by atoms with Crippen LogP contribution in [-0.4, -0.2) is 77.0 Å². The number of phenols is 1. The number of cyclic esters (lactones) is 1. The first kappa shape index (κ1) is 91.6. The fourth-order valence-electron chi connectivity index (χ4n) is 14.8. The van der Waals surface area contributed by atoms with Gasteiger partial charge >= 0.3 is 47.2 Å². The molecule has 16 nitrogen and oxygen atoms in total. The fraction of sp³-hybridized carbons (Fsp3) is 0.478. The third kappa shape index (κ3) is 21.6. The van der Waals surface area contributed by atoms with E-state index in [2.05, 4.69) is 122 Å². The van der Waals surface area contributed by atoms with Crippen LogP contribution < -0.4 is 9.47 Å². The summed E-state index contributed by atoms with van der Waals surface area (Å²) in [4.78, 5) is 75.5. The zero-order valence-corrected chi connectivity index (χ0v) is 70.3. The molecule has 23 heteroatoms. The molecule has 6 aliphatic rings.